The largest absolute Gasteiger partial charge is 0.497 e. The molecule has 2 N–H and O–H groups in total. The van der Waals surface area contributed by atoms with Crippen LogP contribution in [0.2, 0.25) is 0 Å². The second kappa shape index (κ2) is 9.66. The molecular formula is C24H25N3O3S. The van der Waals surface area contributed by atoms with Gasteiger partial charge in [0.05, 0.1) is 17.6 Å². The molecule has 2 aromatic carbocycles. The van der Waals surface area contributed by atoms with E-state index in [1.54, 1.807) is 43.5 Å². The number of anilines is 3. The van der Waals surface area contributed by atoms with Crippen LogP contribution >= 0.6 is 11.3 Å². The van der Waals surface area contributed by atoms with Crippen molar-refractivity contribution in [3.05, 3.63) is 70.4 Å². The summed E-state index contributed by atoms with van der Waals surface area (Å²) >= 11 is 1.38. The maximum absolute atomic E-state index is 13.2. The Balaban J connectivity index is 1.60. The van der Waals surface area contributed by atoms with E-state index in [4.69, 9.17) is 4.74 Å². The average molecular weight is 436 g/mol. The first-order valence-electron chi connectivity index (χ1n) is 10.3. The number of hydrogen-bond acceptors (Lipinski definition) is 5. The molecule has 1 saturated heterocycles. The number of thiophene rings is 1. The number of carbonyl (C=O) groups excluding carboxylic acids is 2. The molecule has 1 aliphatic heterocycles. The standard InChI is InChI=1S/C24H25N3O3S/c1-30-19-10-7-17(8-11-19)25-23(28)20-16-18(26-24(29)22-6-5-15-31-22)9-12-21(20)27-13-3-2-4-14-27/h5-12,15-16H,2-4,13-14H2,1H3,(H,25,28)(H,26,29). The second-order valence-corrected chi connectivity index (χ2v) is 8.34. The quantitative estimate of drug-likeness (QED) is 0.555. The molecule has 31 heavy (non-hydrogen) atoms. The van der Waals surface area contributed by atoms with Crippen LogP contribution in [0.1, 0.15) is 39.3 Å². The molecule has 2 heterocycles. The number of ether oxygens (including phenoxy) is 1. The smallest absolute Gasteiger partial charge is 0.265 e. The zero-order valence-electron chi connectivity index (χ0n) is 17.4. The molecule has 0 spiro atoms. The highest BCUT2D eigenvalue weighted by molar-refractivity contribution is 7.12. The van der Waals surface area contributed by atoms with E-state index >= 15 is 0 Å². The molecule has 0 unspecified atom stereocenters. The summed E-state index contributed by atoms with van der Waals surface area (Å²) in [6.45, 7) is 1.84. The van der Waals surface area contributed by atoms with Gasteiger partial charge in [-0.3, -0.25) is 9.59 Å². The van der Waals surface area contributed by atoms with E-state index in [1.165, 1.54) is 17.8 Å². The summed E-state index contributed by atoms with van der Waals surface area (Å²) in [5.41, 5.74) is 2.71. The number of piperidine rings is 1. The van der Waals surface area contributed by atoms with Crippen molar-refractivity contribution in [1.82, 2.24) is 0 Å². The molecular weight excluding hydrogens is 410 g/mol. The Hall–Kier alpha value is -3.32. The van der Waals surface area contributed by atoms with Gasteiger partial charge in [0.1, 0.15) is 5.75 Å². The van der Waals surface area contributed by atoms with Crippen molar-refractivity contribution in [1.29, 1.82) is 0 Å². The van der Waals surface area contributed by atoms with Crippen molar-refractivity contribution in [3.63, 3.8) is 0 Å². The monoisotopic (exact) mass is 435 g/mol. The van der Waals surface area contributed by atoms with E-state index in [0.717, 1.165) is 37.4 Å². The lowest BCUT2D eigenvalue weighted by molar-refractivity contribution is 0.101. The summed E-state index contributed by atoms with van der Waals surface area (Å²) in [5, 5.41) is 7.73. The van der Waals surface area contributed by atoms with Gasteiger partial charge in [-0.1, -0.05) is 6.07 Å². The lowest BCUT2D eigenvalue weighted by Gasteiger charge is -2.30. The summed E-state index contributed by atoms with van der Waals surface area (Å²) in [6.07, 6.45) is 3.42. The zero-order valence-corrected chi connectivity index (χ0v) is 18.2. The van der Waals surface area contributed by atoms with Gasteiger partial charge in [-0.2, -0.15) is 0 Å². The summed E-state index contributed by atoms with van der Waals surface area (Å²) in [5.74, 6) is 0.338. The van der Waals surface area contributed by atoms with E-state index < -0.39 is 0 Å². The highest BCUT2D eigenvalue weighted by Gasteiger charge is 2.20. The van der Waals surface area contributed by atoms with Gasteiger partial charge >= 0.3 is 0 Å². The molecule has 0 bridgehead atoms. The maximum Gasteiger partial charge on any atom is 0.265 e. The fourth-order valence-electron chi connectivity index (χ4n) is 3.68. The van der Waals surface area contributed by atoms with Crippen molar-refractivity contribution in [3.8, 4) is 5.75 Å². The van der Waals surface area contributed by atoms with E-state index in [2.05, 4.69) is 15.5 Å². The molecule has 0 radical (unpaired) electrons. The Morgan fingerprint density at radius 2 is 1.61 bits per heavy atom. The van der Waals surface area contributed by atoms with Gasteiger partial charge in [0.25, 0.3) is 11.8 Å². The van der Waals surface area contributed by atoms with Crippen molar-refractivity contribution in [2.75, 3.05) is 35.7 Å². The molecule has 160 valence electrons. The number of methoxy groups -OCH3 is 1. The lowest BCUT2D eigenvalue weighted by atomic mass is 10.1. The molecule has 1 aliphatic rings. The predicted molar refractivity (Wildman–Crippen MR) is 126 cm³/mol. The van der Waals surface area contributed by atoms with Gasteiger partial charge in [0.2, 0.25) is 0 Å². The van der Waals surface area contributed by atoms with E-state index in [-0.39, 0.29) is 11.8 Å². The third kappa shape index (κ3) is 5.06. The van der Waals surface area contributed by atoms with Crippen LogP contribution in [0.5, 0.6) is 5.75 Å². The van der Waals surface area contributed by atoms with Crippen LogP contribution < -0.4 is 20.3 Å². The van der Waals surface area contributed by atoms with Crippen LogP contribution in [0.3, 0.4) is 0 Å². The Labute approximate surface area is 185 Å². The van der Waals surface area contributed by atoms with Gasteiger partial charge in [0, 0.05) is 30.2 Å². The topological polar surface area (TPSA) is 70.7 Å². The summed E-state index contributed by atoms with van der Waals surface area (Å²) in [7, 11) is 1.61. The van der Waals surface area contributed by atoms with Crippen molar-refractivity contribution >= 4 is 40.2 Å². The minimum absolute atomic E-state index is 0.178. The second-order valence-electron chi connectivity index (χ2n) is 7.39. The highest BCUT2D eigenvalue weighted by atomic mass is 32.1. The lowest BCUT2D eigenvalue weighted by Crippen LogP contribution is -2.31. The molecule has 7 heteroatoms. The van der Waals surface area contributed by atoms with Gasteiger partial charge in [-0.15, -0.1) is 11.3 Å². The van der Waals surface area contributed by atoms with E-state index in [0.29, 0.717) is 21.8 Å². The van der Waals surface area contributed by atoms with Crippen molar-refractivity contribution in [2.45, 2.75) is 19.3 Å². The number of carbonyl (C=O) groups is 2. The number of benzene rings is 2. The molecule has 0 atom stereocenters. The summed E-state index contributed by atoms with van der Waals surface area (Å²) in [6, 6.07) is 16.4. The van der Waals surface area contributed by atoms with Gasteiger partial charge in [0.15, 0.2) is 0 Å². The van der Waals surface area contributed by atoms with Crippen LogP contribution in [0, 0.1) is 0 Å². The maximum atomic E-state index is 13.2. The fourth-order valence-corrected chi connectivity index (χ4v) is 4.30. The molecule has 1 aromatic heterocycles. The minimum atomic E-state index is -0.210. The zero-order chi connectivity index (χ0) is 21.6. The summed E-state index contributed by atoms with van der Waals surface area (Å²) in [4.78, 5) is 28.6. The van der Waals surface area contributed by atoms with Gasteiger partial charge in [-0.25, -0.2) is 0 Å². The van der Waals surface area contributed by atoms with Crippen LogP contribution in [-0.2, 0) is 0 Å². The Kier molecular flexibility index (Phi) is 6.52. The molecule has 4 rings (SSSR count). The molecule has 0 aliphatic carbocycles. The van der Waals surface area contributed by atoms with E-state index in [9.17, 15) is 9.59 Å². The number of hydrogen-bond donors (Lipinski definition) is 2. The number of rotatable bonds is 6. The number of nitrogens with zero attached hydrogens (tertiary/aromatic N) is 1. The Morgan fingerprint density at radius 3 is 2.29 bits per heavy atom. The van der Waals surface area contributed by atoms with Crippen molar-refractivity contribution in [2.24, 2.45) is 0 Å². The minimum Gasteiger partial charge on any atom is -0.497 e. The van der Waals surface area contributed by atoms with Gasteiger partial charge < -0.3 is 20.3 Å². The van der Waals surface area contributed by atoms with Crippen LogP contribution in [0.15, 0.2) is 60.0 Å². The first-order chi connectivity index (χ1) is 15.1. The SMILES string of the molecule is COc1ccc(NC(=O)c2cc(NC(=O)c3cccs3)ccc2N2CCCCC2)cc1. The van der Waals surface area contributed by atoms with Gasteiger partial charge in [-0.05, 0) is 73.2 Å². The molecule has 2 amide bonds. The first kappa shape index (κ1) is 20.9. The third-order valence-electron chi connectivity index (χ3n) is 5.29. The summed E-state index contributed by atoms with van der Waals surface area (Å²) < 4.78 is 5.18. The van der Waals surface area contributed by atoms with Crippen molar-refractivity contribution < 1.29 is 14.3 Å². The molecule has 0 saturated carbocycles. The molecule has 6 nitrogen and oxygen atoms in total. The predicted octanol–water partition coefficient (Wildman–Crippen LogP) is 5.25. The number of amides is 2. The van der Waals surface area contributed by atoms with Crippen LogP contribution in [-0.4, -0.2) is 32.0 Å². The van der Waals surface area contributed by atoms with Crippen LogP contribution in [0.4, 0.5) is 17.1 Å². The van der Waals surface area contributed by atoms with E-state index in [1.807, 2.05) is 23.6 Å². The Morgan fingerprint density at radius 1 is 0.903 bits per heavy atom. The Bertz CT molecular complexity index is 1040. The fraction of sp³-hybridized carbons (Fsp3) is 0.250. The van der Waals surface area contributed by atoms with Crippen LogP contribution in [0.25, 0.3) is 0 Å². The first-order valence-corrected chi connectivity index (χ1v) is 11.2. The molecule has 1 fully saturated rings. The third-order valence-corrected chi connectivity index (χ3v) is 6.16. The number of nitrogens with one attached hydrogen (secondary N) is 2. The average Bonchev–Trinajstić information content (AvgIpc) is 3.35. The normalized spacial score (nSPS) is 13.5. The highest BCUT2D eigenvalue weighted by Crippen LogP contribution is 2.29. The molecule has 3 aromatic rings.